The second-order valence-corrected chi connectivity index (χ2v) is 6.12. The van der Waals surface area contributed by atoms with Crippen LogP contribution < -0.4 is 4.90 Å². The van der Waals surface area contributed by atoms with Gasteiger partial charge in [0.05, 0.1) is 12.3 Å². The Labute approximate surface area is 144 Å². The number of hydrogen-bond donors (Lipinski definition) is 0. The first-order valence-electron chi connectivity index (χ1n) is 7.48. The molecule has 2 aromatic carbocycles. The van der Waals surface area contributed by atoms with Crippen molar-refractivity contribution in [1.29, 1.82) is 0 Å². The number of rotatable bonds is 6. The Balaban J connectivity index is 1.76. The van der Waals surface area contributed by atoms with Gasteiger partial charge in [-0.25, -0.2) is 4.68 Å². The highest BCUT2D eigenvalue weighted by atomic mass is 32.2. The summed E-state index contributed by atoms with van der Waals surface area (Å²) in [6.45, 7) is 0.529. The number of anilines is 1. The molecular weight excluding hydrogens is 322 g/mol. The maximum atomic E-state index is 12.8. The van der Waals surface area contributed by atoms with Crippen LogP contribution in [0.15, 0.2) is 65.8 Å². The van der Waals surface area contributed by atoms with Crippen LogP contribution in [-0.2, 0) is 18.4 Å². The first kappa shape index (κ1) is 16.2. The van der Waals surface area contributed by atoms with Crippen LogP contribution in [0.4, 0.5) is 5.69 Å². The highest BCUT2D eigenvalue weighted by Crippen LogP contribution is 2.20. The number of carbonyl (C=O) groups is 1. The molecule has 3 aromatic rings. The predicted molar refractivity (Wildman–Crippen MR) is 93.6 cm³/mol. The predicted octanol–water partition coefficient (Wildman–Crippen LogP) is 2.54. The van der Waals surface area contributed by atoms with E-state index in [0.717, 1.165) is 11.3 Å². The molecule has 0 atom stereocenters. The molecule has 6 nitrogen and oxygen atoms in total. The molecule has 0 saturated heterocycles. The van der Waals surface area contributed by atoms with Gasteiger partial charge in [0.15, 0.2) is 0 Å². The second-order valence-electron chi connectivity index (χ2n) is 5.17. The van der Waals surface area contributed by atoms with Crippen molar-refractivity contribution in [2.45, 2.75) is 11.7 Å². The van der Waals surface area contributed by atoms with Gasteiger partial charge >= 0.3 is 0 Å². The van der Waals surface area contributed by atoms with Gasteiger partial charge < -0.3 is 4.90 Å². The second kappa shape index (κ2) is 7.74. The highest BCUT2D eigenvalue weighted by molar-refractivity contribution is 7.99. The van der Waals surface area contributed by atoms with Crippen LogP contribution in [0, 0.1) is 0 Å². The third kappa shape index (κ3) is 3.99. The number of thioether (sulfide) groups is 1. The van der Waals surface area contributed by atoms with E-state index in [2.05, 4.69) is 15.5 Å². The normalized spacial score (nSPS) is 10.5. The third-order valence-electron chi connectivity index (χ3n) is 3.46. The highest BCUT2D eigenvalue weighted by Gasteiger charge is 2.17. The minimum atomic E-state index is 0.0121. The van der Waals surface area contributed by atoms with Crippen LogP contribution >= 0.6 is 11.8 Å². The standard InChI is InChI=1S/C17H17N5OS/c1-21-17(18-19-20-21)24-13-16(23)22(15-10-6-3-7-11-15)12-14-8-4-2-5-9-14/h2-11H,12-13H2,1H3. The lowest BCUT2D eigenvalue weighted by Gasteiger charge is -2.23. The van der Waals surface area contributed by atoms with Gasteiger partial charge in [-0.3, -0.25) is 4.79 Å². The summed E-state index contributed by atoms with van der Waals surface area (Å²) in [5.74, 6) is 0.286. The summed E-state index contributed by atoms with van der Waals surface area (Å²) in [5.41, 5.74) is 1.96. The minimum Gasteiger partial charge on any atom is -0.307 e. The summed E-state index contributed by atoms with van der Waals surface area (Å²) in [6.07, 6.45) is 0. The molecular formula is C17H17N5OS. The van der Waals surface area contributed by atoms with Crippen molar-refractivity contribution in [2.75, 3.05) is 10.7 Å². The zero-order chi connectivity index (χ0) is 16.8. The Morgan fingerprint density at radius 3 is 2.38 bits per heavy atom. The Morgan fingerprint density at radius 2 is 1.75 bits per heavy atom. The van der Waals surface area contributed by atoms with E-state index >= 15 is 0 Å². The van der Waals surface area contributed by atoms with Gasteiger partial charge in [0, 0.05) is 12.7 Å². The first-order valence-corrected chi connectivity index (χ1v) is 8.47. The SMILES string of the molecule is Cn1nnnc1SCC(=O)N(Cc1ccccc1)c1ccccc1. The topological polar surface area (TPSA) is 63.9 Å². The van der Waals surface area contributed by atoms with Gasteiger partial charge in [0.1, 0.15) is 0 Å². The Kier molecular flexibility index (Phi) is 5.22. The Hall–Kier alpha value is -2.67. The van der Waals surface area contributed by atoms with Crippen LogP contribution in [-0.4, -0.2) is 31.9 Å². The largest absolute Gasteiger partial charge is 0.307 e. The van der Waals surface area contributed by atoms with Crippen LogP contribution in [0.25, 0.3) is 0 Å². The minimum absolute atomic E-state index is 0.0121. The van der Waals surface area contributed by atoms with E-state index in [1.165, 1.54) is 11.8 Å². The lowest BCUT2D eigenvalue weighted by Crippen LogP contribution is -2.32. The monoisotopic (exact) mass is 339 g/mol. The number of aryl methyl sites for hydroxylation is 1. The summed E-state index contributed by atoms with van der Waals surface area (Å²) < 4.78 is 1.56. The smallest absolute Gasteiger partial charge is 0.237 e. The number of nitrogens with zero attached hydrogens (tertiary/aromatic N) is 5. The third-order valence-corrected chi connectivity index (χ3v) is 4.45. The quantitative estimate of drug-likeness (QED) is 0.646. The molecule has 0 saturated carbocycles. The molecule has 1 heterocycles. The fraction of sp³-hybridized carbons (Fsp3) is 0.176. The molecule has 0 fully saturated rings. The molecule has 3 rings (SSSR count). The molecule has 0 N–H and O–H groups in total. The van der Waals surface area contributed by atoms with E-state index in [-0.39, 0.29) is 11.7 Å². The molecule has 122 valence electrons. The molecule has 24 heavy (non-hydrogen) atoms. The van der Waals surface area contributed by atoms with E-state index in [4.69, 9.17) is 0 Å². The molecule has 7 heteroatoms. The van der Waals surface area contributed by atoms with Gasteiger partial charge in [0.25, 0.3) is 0 Å². The first-order chi connectivity index (χ1) is 11.7. The molecule has 1 amide bonds. The number of benzene rings is 2. The fourth-order valence-corrected chi connectivity index (χ4v) is 2.97. The van der Waals surface area contributed by atoms with Crippen LogP contribution in [0.1, 0.15) is 5.56 Å². The number of aromatic nitrogens is 4. The van der Waals surface area contributed by atoms with E-state index in [0.29, 0.717) is 11.7 Å². The number of hydrogen-bond acceptors (Lipinski definition) is 5. The van der Waals surface area contributed by atoms with Crippen molar-refractivity contribution in [3.63, 3.8) is 0 Å². The Morgan fingerprint density at radius 1 is 1.08 bits per heavy atom. The van der Waals surface area contributed by atoms with Crippen molar-refractivity contribution >= 4 is 23.4 Å². The zero-order valence-corrected chi connectivity index (χ0v) is 14.1. The van der Waals surface area contributed by atoms with Gasteiger partial charge in [-0.15, -0.1) is 5.10 Å². The molecule has 1 aromatic heterocycles. The molecule has 0 spiro atoms. The van der Waals surface area contributed by atoms with Crippen molar-refractivity contribution in [3.05, 3.63) is 66.2 Å². The summed E-state index contributed by atoms with van der Waals surface area (Å²) in [5, 5.41) is 11.9. The van der Waals surface area contributed by atoms with Crippen LogP contribution in [0.2, 0.25) is 0 Å². The summed E-state index contributed by atoms with van der Waals surface area (Å²) in [6, 6.07) is 19.6. The van der Waals surface area contributed by atoms with Gasteiger partial charge in [0.2, 0.25) is 11.1 Å². The number of tetrazole rings is 1. The van der Waals surface area contributed by atoms with Crippen molar-refractivity contribution in [1.82, 2.24) is 20.2 Å². The average molecular weight is 339 g/mol. The average Bonchev–Trinajstić information content (AvgIpc) is 3.04. The Bertz CT molecular complexity index is 791. The summed E-state index contributed by atoms with van der Waals surface area (Å²) >= 11 is 1.33. The van der Waals surface area contributed by atoms with Crippen LogP contribution in [0.5, 0.6) is 0 Å². The van der Waals surface area contributed by atoms with Crippen molar-refractivity contribution in [2.24, 2.45) is 7.05 Å². The molecule has 0 aliphatic carbocycles. The fourth-order valence-electron chi connectivity index (χ4n) is 2.25. The summed E-state index contributed by atoms with van der Waals surface area (Å²) in [4.78, 5) is 14.6. The summed E-state index contributed by atoms with van der Waals surface area (Å²) in [7, 11) is 1.76. The maximum absolute atomic E-state index is 12.8. The molecule has 0 unspecified atom stereocenters. The lowest BCUT2D eigenvalue weighted by molar-refractivity contribution is -0.116. The number of amides is 1. The molecule has 0 aliphatic rings. The lowest BCUT2D eigenvalue weighted by atomic mass is 10.2. The van der Waals surface area contributed by atoms with E-state index in [9.17, 15) is 4.79 Å². The molecule has 0 radical (unpaired) electrons. The number of para-hydroxylation sites is 1. The van der Waals surface area contributed by atoms with Crippen molar-refractivity contribution < 1.29 is 4.79 Å². The van der Waals surface area contributed by atoms with E-state index in [1.807, 2.05) is 60.7 Å². The van der Waals surface area contributed by atoms with E-state index < -0.39 is 0 Å². The number of carbonyl (C=O) groups excluding carboxylic acids is 1. The maximum Gasteiger partial charge on any atom is 0.237 e. The van der Waals surface area contributed by atoms with E-state index in [1.54, 1.807) is 16.6 Å². The van der Waals surface area contributed by atoms with Gasteiger partial charge in [-0.05, 0) is 28.1 Å². The zero-order valence-electron chi connectivity index (χ0n) is 13.2. The van der Waals surface area contributed by atoms with Crippen LogP contribution in [0.3, 0.4) is 0 Å². The van der Waals surface area contributed by atoms with Gasteiger partial charge in [-0.1, -0.05) is 60.3 Å². The molecule has 0 aliphatic heterocycles. The van der Waals surface area contributed by atoms with Gasteiger partial charge in [-0.2, -0.15) is 0 Å². The van der Waals surface area contributed by atoms with Crippen molar-refractivity contribution in [3.8, 4) is 0 Å². The molecule has 0 bridgehead atoms.